The number of rotatable bonds is 6. The molecular formula is C19H17N3O3. The highest BCUT2D eigenvalue weighted by molar-refractivity contribution is 5.83. The molecule has 1 atom stereocenters. The number of hydrogen-bond donors (Lipinski definition) is 1. The van der Waals surface area contributed by atoms with Crippen molar-refractivity contribution in [2.45, 2.75) is 25.0 Å². The van der Waals surface area contributed by atoms with Crippen molar-refractivity contribution >= 4 is 5.91 Å². The van der Waals surface area contributed by atoms with E-state index in [0.717, 1.165) is 24.0 Å². The van der Waals surface area contributed by atoms with E-state index in [1.807, 2.05) is 42.5 Å². The van der Waals surface area contributed by atoms with E-state index < -0.39 is 6.10 Å². The zero-order chi connectivity index (χ0) is 17.1. The summed E-state index contributed by atoms with van der Waals surface area (Å²) in [5.41, 5.74) is 1.62. The van der Waals surface area contributed by atoms with Crippen LogP contribution in [0.1, 0.15) is 24.5 Å². The summed E-state index contributed by atoms with van der Waals surface area (Å²) in [4.78, 5) is 12.6. The second-order valence-corrected chi connectivity index (χ2v) is 5.96. The van der Waals surface area contributed by atoms with Crippen LogP contribution in [0.15, 0.2) is 65.4 Å². The lowest BCUT2D eigenvalue weighted by molar-refractivity contribution is -0.128. The number of nitrogens with zero attached hydrogens (tertiary/aromatic N) is 2. The second kappa shape index (κ2) is 6.76. The highest BCUT2D eigenvalue weighted by Gasteiger charge is 2.29. The van der Waals surface area contributed by atoms with E-state index in [1.165, 1.54) is 6.39 Å². The SMILES string of the molecule is O=C(NC1CC1)[C@@H](Oc1ccc(-c2nnco2)cc1)c1ccccc1. The van der Waals surface area contributed by atoms with Gasteiger partial charge in [0.15, 0.2) is 0 Å². The van der Waals surface area contributed by atoms with Crippen LogP contribution in [0, 0.1) is 0 Å². The third-order valence-corrected chi connectivity index (χ3v) is 3.98. The van der Waals surface area contributed by atoms with Crippen molar-refractivity contribution in [3.8, 4) is 17.2 Å². The molecule has 1 aliphatic rings. The minimum atomic E-state index is -0.684. The zero-order valence-corrected chi connectivity index (χ0v) is 13.5. The van der Waals surface area contributed by atoms with E-state index in [0.29, 0.717) is 11.6 Å². The topological polar surface area (TPSA) is 77.2 Å². The summed E-state index contributed by atoms with van der Waals surface area (Å²) in [7, 11) is 0. The Hall–Kier alpha value is -3.15. The molecule has 1 aliphatic carbocycles. The van der Waals surface area contributed by atoms with Gasteiger partial charge in [0.25, 0.3) is 5.91 Å². The fraction of sp³-hybridized carbons (Fsp3) is 0.211. The number of carbonyl (C=O) groups excluding carboxylic acids is 1. The molecule has 2 aromatic carbocycles. The number of aromatic nitrogens is 2. The fourth-order valence-corrected chi connectivity index (χ4v) is 2.52. The molecule has 6 nitrogen and oxygen atoms in total. The van der Waals surface area contributed by atoms with Gasteiger partial charge in [0.05, 0.1) is 0 Å². The molecule has 1 N–H and O–H groups in total. The molecule has 4 rings (SSSR count). The summed E-state index contributed by atoms with van der Waals surface area (Å²) < 4.78 is 11.2. The van der Waals surface area contributed by atoms with Crippen LogP contribution in [-0.2, 0) is 4.79 Å². The van der Waals surface area contributed by atoms with E-state index in [4.69, 9.17) is 9.15 Å². The quantitative estimate of drug-likeness (QED) is 0.749. The second-order valence-electron chi connectivity index (χ2n) is 5.96. The summed E-state index contributed by atoms with van der Waals surface area (Å²) in [6, 6.07) is 17.0. The molecular weight excluding hydrogens is 318 g/mol. The van der Waals surface area contributed by atoms with Gasteiger partial charge in [-0.25, -0.2) is 0 Å². The van der Waals surface area contributed by atoms with E-state index in [9.17, 15) is 4.79 Å². The smallest absolute Gasteiger partial charge is 0.266 e. The van der Waals surface area contributed by atoms with E-state index in [-0.39, 0.29) is 11.9 Å². The Morgan fingerprint density at radius 1 is 1.12 bits per heavy atom. The Morgan fingerprint density at radius 3 is 2.52 bits per heavy atom. The number of carbonyl (C=O) groups is 1. The lowest BCUT2D eigenvalue weighted by Gasteiger charge is -2.19. The van der Waals surface area contributed by atoms with Crippen LogP contribution in [0.25, 0.3) is 11.5 Å². The van der Waals surface area contributed by atoms with Crippen LogP contribution >= 0.6 is 0 Å². The van der Waals surface area contributed by atoms with Gasteiger partial charge in [-0.15, -0.1) is 10.2 Å². The lowest BCUT2D eigenvalue weighted by atomic mass is 10.1. The van der Waals surface area contributed by atoms with Crippen LogP contribution in [0.2, 0.25) is 0 Å². The highest BCUT2D eigenvalue weighted by Crippen LogP contribution is 2.27. The van der Waals surface area contributed by atoms with Crippen molar-refractivity contribution in [3.63, 3.8) is 0 Å². The van der Waals surface area contributed by atoms with Crippen molar-refractivity contribution in [2.75, 3.05) is 0 Å². The fourth-order valence-electron chi connectivity index (χ4n) is 2.52. The highest BCUT2D eigenvalue weighted by atomic mass is 16.5. The number of nitrogens with one attached hydrogen (secondary N) is 1. The molecule has 1 fully saturated rings. The molecule has 0 bridgehead atoms. The Balaban J connectivity index is 1.54. The molecule has 0 spiro atoms. The molecule has 3 aromatic rings. The zero-order valence-electron chi connectivity index (χ0n) is 13.5. The third-order valence-electron chi connectivity index (χ3n) is 3.98. The standard InChI is InChI=1S/C19H17N3O3/c23-18(21-15-8-9-15)17(13-4-2-1-3-5-13)25-16-10-6-14(7-11-16)19-22-20-12-24-19/h1-7,10-12,15,17H,8-9H2,(H,21,23)/t17-/m0/s1. The first kappa shape index (κ1) is 15.4. The van der Waals surface area contributed by atoms with Crippen LogP contribution in [-0.4, -0.2) is 22.1 Å². The van der Waals surface area contributed by atoms with Gasteiger partial charge in [0.1, 0.15) is 5.75 Å². The molecule has 25 heavy (non-hydrogen) atoms. The maximum absolute atomic E-state index is 12.6. The maximum Gasteiger partial charge on any atom is 0.266 e. The molecule has 0 unspecified atom stereocenters. The van der Waals surface area contributed by atoms with Gasteiger partial charge in [-0.3, -0.25) is 4.79 Å². The predicted octanol–water partition coefficient (Wildman–Crippen LogP) is 3.14. The van der Waals surface area contributed by atoms with Gasteiger partial charge in [-0.1, -0.05) is 30.3 Å². The van der Waals surface area contributed by atoms with Crippen LogP contribution < -0.4 is 10.1 Å². The Morgan fingerprint density at radius 2 is 1.88 bits per heavy atom. The predicted molar refractivity (Wildman–Crippen MR) is 90.7 cm³/mol. The van der Waals surface area contributed by atoms with Gasteiger partial charge >= 0.3 is 0 Å². The van der Waals surface area contributed by atoms with Gasteiger partial charge in [0.2, 0.25) is 18.4 Å². The van der Waals surface area contributed by atoms with Crippen molar-refractivity contribution in [3.05, 3.63) is 66.6 Å². The van der Waals surface area contributed by atoms with Gasteiger partial charge < -0.3 is 14.5 Å². The number of hydrogen-bond acceptors (Lipinski definition) is 5. The van der Waals surface area contributed by atoms with Crippen molar-refractivity contribution in [2.24, 2.45) is 0 Å². The van der Waals surface area contributed by atoms with Crippen molar-refractivity contribution in [1.82, 2.24) is 15.5 Å². The number of amides is 1. The molecule has 1 heterocycles. The molecule has 1 saturated carbocycles. The Kier molecular flexibility index (Phi) is 4.16. The minimum absolute atomic E-state index is 0.116. The Bertz CT molecular complexity index is 828. The average Bonchev–Trinajstić information content (AvgIpc) is 3.30. The summed E-state index contributed by atoms with van der Waals surface area (Å²) in [5, 5.41) is 10.5. The molecule has 1 aromatic heterocycles. The number of ether oxygens (including phenoxy) is 1. The summed E-state index contributed by atoms with van der Waals surface area (Å²) in [6.07, 6.45) is 2.67. The number of benzene rings is 2. The maximum atomic E-state index is 12.6. The summed E-state index contributed by atoms with van der Waals surface area (Å²) >= 11 is 0. The van der Waals surface area contributed by atoms with Gasteiger partial charge in [0, 0.05) is 17.2 Å². The molecule has 1 amide bonds. The largest absolute Gasteiger partial charge is 0.476 e. The van der Waals surface area contributed by atoms with E-state index in [2.05, 4.69) is 15.5 Å². The normalized spacial score (nSPS) is 14.7. The first-order valence-electron chi connectivity index (χ1n) is 8.18. The minimum Gasteiger partial charge on any atom is -0.476 e. The molecule has 6 heteroatoms. The first-order chi connectivity index (χ1) is 12.3. The van der Waals surface area contributed by atoms with E-state index in [1.54, 1.807) is 12.1 Å². The van der Waals surface area contributed by atoms with Crippen molar-refractivity contribution < 1.29 is 13.9 Å². The monoisotopic (exact) mass is 335 g/mol. The summed E-state index contributed by atoms with van der Waals surface area (Å²) in [6.45, 7) is 0. The van der Waals surface area contributed by atoms with Gasteiger partial charge in [-0.2, -0.15) is 0 Å². The van der Waals surface area contributed by atoms with Gasteiger partial charge in [-0.05, 0) is 37.1 Å². The third kappa shape index (κ3) is 3.68. The molecule has 0 radical (unpaired) electrons. The molecule has 126 valence electrons. The van der Waals surface area contributed by atoms with Crippen LogP contribution in [0.5, 0.6) is 5.75 Å². The summed E-state index contributed by atoms with van der Waals surface area (Å²) in [5.74, 6) is 0.926. The first-order valence-corrected chi connectivity index (χ1v) is 8.18. The molecule has 0 saturated heterocycles. The average molecular weight is 335 g/mol. The Labute approximate surface area is 144 Å². The van der Waals surface area contributed by atoms with Crippen LogP contribution in [0.4, 0.5) is 0 Å². The van der Waals surface area contributed by atoms with E-state index >= 15 is 0 Å². The lowest BCUT2D eigenvalue weighted by Crippen LogP contribution is -2.33. The molecule has 0 aliphatic heterocycles. The van der Waals surface area contributed by atoms with Crippen LogP contribution in [0.3, 0.4) is 0 Å². The van der Waals surface area contributed by atoms with Crippen molar-refractivity contribution in [1.29, 1.82) is 0 Å².